The maximum absolute atomic E-state index is 8.61. The molecule has 0 amide bonds. The molecule has 0 aliphatic rings. The summed E-state index contributed by atoms with van der Waals surface area (Å²) in [4.78, 5) is 5.30. The quantitative estimate of drug-likeness (QED) is 0.791. The minimum absolute atomic E-state index is 0.587. The van der Waals surface area contributed by atoms with Gasteiger partial charge in [-0.15, -0.1) is 11.3 Å². The molecule has 0 aromatic carbocycles. The average Bonchev–Trinajstić information content (AvgIpc) is 2.65. The molecule has 0 radical (unpaired) electrons. The lowest BCUT2D eigenvalue weighted by Gasteiger charge is -1.94. The van der Waals surface area contributed by atoms with E-state index in [1.54, 1.807) is 23.6 Å². The van der Waals surface area contributed by atoms with Gasteiger partial charge in [-0.3, -0.25) is 4.98 Å². The first-order chi connectivity index (χ1) is 6.79. The van der Waals surface area contributed by atoms with Crippen LogP contribution in [-0.2, 0) is 0 Å². The molecule has 0 fully saturated rings. The van der Waals surface area contributed by atoms with Gasteiger partial charge in [0.15, 0.2) is 0 Å². The van der Waals surface area contributed by atoms with Gasteiger partial charge in [0.05, 0.1) is 19.9 Å². The Morgan fingerprint density at radius 3 is 2.64 bits per heavy atom. The van der Waals surface area contributed by atoms with Crippen molar-refractivity contribution < 1.29 is 0 Å². The van der Waals surface area contributed by atoms with Crippen molar-refractivity contribution in [3.63, 3.8) is 0 Å². The van der Waals surface area contributed by atoms with Crippen LogP contribution in [0.1, 0.15) is 5.56 Å². The largest absolute Gasteiger partial charge is 0.254 e. The van der Waals surface area contributed by atoms with E-state index < -0.39 is 0 Å². The van der Waals surface area contributed by atoms with Crippen molar-refractivity contribution in [1.82, 2.24) is 4.98 Å². The Labute approximate surface area is 94.0 Å². The van der Waals surface area contributed by atoms with Crippen LogP contribution in [0, 0.1) is 11.3 Å². The SMILES string of the molecule is N#Cc1ccc(-c2ccc(Br)s2)nc1. The zero-order chi connectivity index (χ0) is 9.97. The van der Waals surface area contributed by atoms with Crippen LogP contribution in [0.3, 0.4) is 0 Å². The van der Waals surface area contributed by atoms with E-state index in [1.165, 1.54) is 0 Å². The molecule has 0 spiro atoms. The normalized spacial score (nSPS) is 9.71. The van der Waals surface area contributed by atoms with E-state index in [9.17, 15) is 0 Å². The lowest BCUT2D eigenvalue weighted by molar-refractivity contribution is 1.31. The summed E-state index contributed by atoms with van der Waals surface area (Å²) in [5.41, 5.74) is 1.49. The van der Waals surface area contributed by atoms with Crippen LogP contribution in [0.25, 0.3) is 10.6 Å². The molecule has 2 aromatic heterocycles. The van der Waals surface area contributed by atoms with Gasteiger partial charge in [-0.1, -0.05) is 0 Å². The van der Waals surface area contributed by atoms with Crippen LogP contribution in [0.5, 0.6) is 0 Å². The van der Waals surface area contributed by atoms with E-state index in [0.29, 0.717) is 5.56 Å². The van der Waals surface area contributed by atoms with Crippen LogP contribution in [-0.4, -0.2) is 4.98 Å². The highest BCUT2D eigenvalue weighted by Gasteiger charge is 2.02. The Kier molecular flexibility index (Phi) is 2.62. The smallest absolute Gasteiger partial charge is 0.101 e. The minimum Gasteiger partial charge on any atom is -0.254 e. The monoisotopic (exact) mass is 264 g/mol. The van der Waals surface area contributed by atoms with Gasteiger partial charge in [0, 0.05) is 6.20 Å². The maximum atomic E-state index is 8.61. The topological polar surface area (TPSA) is 36.7 Å². The van der Waals surface area contributed by atoms with Crippen LogP contribution in [0.4, 0.5) is 0 Å². The van der Waals surface area contributed by atoms with Gasteiger partial charge in [0.2, 0.25) is 0 Å². The summed E-state index contributed by atoms with van der Waals surface area (Å²) < 4.78 is 1.08. The van der Waals surface area contributed by atoms with E-state index >= 15 is 0 Å². The van der Waals surface area contributed by atoms with Crippen LogP contribution in [0.2, 0.25) is 0 Å². The number of aromatic nitrogens is 1. The highest BCUT2D eigenvalue weighted by atomic mass is 79.9. The predicted octanol–water partition coefficient (Wildman–Crippen LogP) is 3.44. The van der Waals surface area contributed by atoms with E-state index in [4.69, 9.17) is 5.26 Å². The number of nitrogens with zero attached hydrogens (tertiary/aromatic N) is 2. The molecule has 2 rings (SSSR count). The fourth-order valence-corrected chi connectivity index (χ4v) is 2.42. The number of hydrogen-bond donors (Lipinski definition) is 0. The van der Waals surface area contributed by atoms with Gasteiger partial charge in [0.1, 0.15) is 6.07 Å². The Morgan fingerprint density at radius 2 is 2.14 bits per heavy atom. The highest BCUT2D eigenvalue weighted by molar-refractivity contribution is 9.11. The Hall–Kier alpha value is -1.18. The van der Waals surface area contributed by atoms with E-state index in [2.05, 4.69) is 20.9 Å². The standard InChI is InChI=1S/C10H5BrN2S/c11-10-4-3-9(14-10)8-2-1-7(5-12)6-13-8/h1-4,6H. The Bertz CT molecular complexity index is 482. The number of hydrogen-bond acceptors (Lipinski definition) is 3. The second kappa shape index (κ2) is 3.91. The second-order valence-corrected chi connectivity index (χ2v) is 5.11. The van der Waals surface area contributed by atoms with E-state index in [1.807, 2.05) is 24.3 Å². The fraction of sp³-hybridized carbons (Fsp3) is 0. The first-order valence-electron chi connectivity index (χ1n) is 3.91. The Balaban J connectivity index is 2.39. The molecule has 0 atom stereocenters. The number of thiophene rings is 1. The summed E-state index contributed by atoms with van der Waals surface area (Å²) >= 11 is 5.02. The van der Waals surface area contributed by atoms with Crippen molar-refractivity contribution in [2.75, 3.05) is 0 Å². The zero-order valence-corrected chi connectivity index (χ0v) is 9.47. The molecule has 0 unspecified atom stereocenters. The number of halogens is 1. The van der Waals surface area contributed by atoms with Crippen molar-refractivity contribution >= 4 is 27.3 Å². The lowest BCUT2D eigenvalue weighted by atomic mass is 10.2. The van der Waals surface area contributed by atoms with Crippen LogP contribution < -0.4 is 0 Å². The summed E-state index contributed by atoms with van der Waals surface area (Å²) in [6.07, 6.45) is 1.59. The number of nitriles is 1. The van der Waals surface area contributed by atoms with Gasteiger partial charge < -0.3 is 0 Å². The van der Waals surface area contributed by atoms with Gasteiger partial charge in [-0.2, -0.15) is 5.26 Å². The third kappa shape index (κ3) is 1.84. The van der Waals surface area contributed by atoms with Gasteiger partial charge in [0.25, 0.3) is 0 Å². The van der Waals surface area contributed by atoms with Crippen molar-refractivity contribution in [3.05, 3.63) is 39.8 Å². The molecule has 14 heavy (non-hydrogen) atoms. The third-order valence-electron chi connectivity index (χ3n) is 1.72. The second-order valence-electron chi connectivity index (χ2n) is 2.65. The van der Waals surface area contributed by atoms with E-state index in [-0.39, 0.29) is 0 Å². The van der Waals surface area contributed by atoms with Gasteiger partial charge in [-0.25, -0.2) is 0 Å². The molecule has 2 heterocycles. The van der Waals surface area contributed by atoms with Crippen molar-refractivity contribution in [2.24, 2.45) is 0 Å². The average molecular weight is 265 g/mol. The maximum Gasteiger partial charge on any atom is 0.101 e. The van der Waals surface area contributed by atoms with Crippen LogP contribution >= 0.6 is 27.3 Å². The summed E-state index contributed by atoms with van der Waals surface area (Å²) in [6, 6.07) is 9.66. The Morgan fingerprint density at radius 1 is 1.29 bits per heavy atom. The molecule has 0 N–H and O–H groups in total. The molecule has 2 aromatic rings. The summed E-state index contributed by atoms with van der Waals surface area (Å²) in [5.74, 6) is 0. The predicted molar refractivity (Wildman–Crippen MR) is 60.0 cm³/mol. The molecule has 68 valence electrons. The fourth-order valence-electron chi connectivity index (χ4n) is 1.06. The van der Waals surface area contributed by atoms with Gasteiger partial charge >= 0.3 is 0 Å². The van der Waals surface area contributed by atoms with Crippen molar-refractivity contribution in [2.45, 2.75) is 0 Å². The first-order valence-corrected chi connectivity index (χ1v) is 5.52. The molecular formula is C10H5BrN2S. The molecule has 4 heteroatoms. The van der Waals surface area contributed by atoms with Crippen molar-refractivity contribution in [3.8, 4) is 16.6 Å². The van der Waals surface area contributed by atoms with Crippen molar-refractivity contribution in [1.29, 1.82) is 5.26 Å². The lowest BCUT2D eigenvalue weighted by Crippen LogP contribution is -1.80. The summed E-state index contributed by atoms with van der Waals surface area (Å²) in [7, 11) is 0. The highest BCUT2D eigenvalue weighted by Crippen LogP contribution is 2.29. The molecule has 0 saturated heterocycles. The van der Waals surface area contributed by atoms with Gasteiger partial charge in [-0.05, 0) is 40.2 Å². The molecule has 0 aliphatic carbocycles. The summed E-state index contributed by atoms with van der Waals surface area (Å²) in [6.45, 7) is 0. The summed E-state index contributed by atoms with van der Waals surface area (Å²) in [5, 5.41) is 8.61. The van der Waals surface area contributed by atoms with Crippen LogP contribution in [0.15, 0.2) is 34.2 Å². The van der Waals surface area contributed by atoms with E-state index in [0.717, 1.165) is 14.4 Å². The molecule has 0 saturated carbocycles. The zero-order valence-electron chi connectivity index (χ0n) is 7.07. The number of pyridine rings is 1. The molecule has 0 bridgehead atoms. The number of rotatable bonds is 1. The minimum atomic E-state index is 0.587. The third-order valence-corrected chi connectivity index (χ3v) is 3.36. The molecular weight excluding hydrogens is 260 g/mol. The first kappa shape index (κ1) is 9.38. The molecule has 2 nitrogen and oxygen atoms in total. The molecule has 0 aliphatic heterocycles.